The molecular formula is C14H17BrN2. The minimum absolute atomic E-state index is 0.714. The van der Waals surface area contributed by atoms with E-state index in [4.69, 9.17) is 0 Å². The maximum Gasteiger partial charge on any atom is 0.0568 e. The van der Waals surface area contributed by atoms with E-state index in [0.717, 1.165) is 17.4 Å². The molecule has 0 aliphatic rings. The topological polar surface area (TPSA) is 17.8 Å². The SMILES string of the molecule is CC(C)CCn1cc(-c2ccccc2Br)cn1. The van der Waals surface area contributed by atoms with Crippen LogP contribution >= 0.6 is 15.9 Å². The van der Waals surface area contributed by atoms with Gasteiger partial charge in [0.15, 0.2) is 0 Å². The largest absolute Gasteiger partial charge is 0.272 e. The van der Waals surface area contributed by atoms with Gasteiger partial charge in [-0.15, -0.1) is 0 Å². The first kappa shape index (κ1) is 12.4. The summed E-state index contributed by atoms with van der Waals surface area (Å²) >= 11 is 3.57. The zero-order valence-electron chi connectivity index (χ0n) is 10.2. The molecule has 1 heterocycles. The van der Waals surface area contributed by atoms with Crippen molar-refractivity contribution in [3.05, 3.63) is 41.1 Å². The normalized spacial score (nSPS) is 11.1. The number of nitrogens with zero attached hydrogens (tertiary/aromatic N) is 2. The Morgan fingerprint density at radius 3 is 2.76 bits per heavy atom. The molecule has 3 heteroatoms. The third-order valence-corrected chi connectivity index (χ3v) is 3.45. The van der Waals surface area contributed by atoms with Crippen molar-refractivity contribution in [2.24, 2.45) is 5.92 Å². The molecule has 0 saturated heterocycles. The number of hydrogen-bond donors (Lipinski definition) is 0. The molecule has 0 aliphatic carbocycles. The molecule has 0 aliphatic heterocycles. The molecule has 90 valence electrons. The van der Waals surface area contributed by atoms with E-state index < -0.39 is 0 Å². The van der Waals surface area contributed by atoms with Gasteiger partial charge in [0.05, 0.1) is 6.20 Å². The van der Waals surface area contributed by atoms with E-state index in [9.17, 15) is 0 Å². The average molecular weight is 293 g/mol. The third-order valence-electron chi connectivity index (χ3n) is 2.75. The van der Waals surface area contributed by atoms with Gasteiger partial charge in [0.1, 0.15) is 0 Å². The van der Waals surface area contributed by atoms with E-state index in [2.05, 4.69) is 53.2 Å². The lowest BCUT2D eigenvalue weighted by atomic mass is 10.1. The van der Waals surface area contributed by atoms with Crippen LogP contribution in [0.4, 0.5) is 0 Å². The maximum absolute atomic E-state index is 4.40. The van der Waals surface area contributed by atoms with E-state index in [1.807, 2.05) is 23.0 Å². The van der Waals surface area contributed by atoms with Gasteiger partial charge in [-0.05, 0) is 24.0 Å². The van der Waals surface area contributed by atoms with Crippen molar-refractivity contribution >= 4 is 15.9 Å². The van der Waals surface area contributed by atoms with Crippen molar-refractivity contribution < 1.29 is 0 Å². The smallest absolute Gasteiger partial charge is 0.0568 e. The Hall–Kier alpha value is -1.09. The van der Waals surface area contributed by atoms with E-state index in [1.165, 1.54) is 11.1 Å². The zero-order valence-corrected chi connectivity index (χ0v) is 11.8. The monoisotopic (exact) mass is 292 g/mol. The molecule has 1 aromatic heterocycles. The molecule has 2 nitrogen and oxygen atoms in total. The molecule has 0 amide bonds. The molecule has 1 aromatic carbocycles. The van der Waals surface area contributed by atoms with Crippen LogP contribution in [0.1, 0.15) is 20.3 Å². The zero-order chi connectivity index (χ0) is 12.3. The van der Waals surface area contributed by atoms with Crippen LogP contribution in [0.2, 0.25) is 0 Å². The molecule has 0 spiro atoms. The van der Waals surface area contributed by atoms with E-state index >= 15 is 0 Å². The molecule has 0 N–H and O–H groups in total. The third kappa shape index (κ3) is 3.19. The lowest BCUT2D eigenvalue weighted by Crippen LogP contribution is -2.01. The van der Waals surface area contributed by atoms with Crippen molar-refractivity contribution in [3.8, 4) is 11.1 Å². The van der Waals surface area contributed by atoms with Gasteiger partial charge in [-0.25, -0.2) is 0 Å². The van der Waals surface area contributed by atoms with E-state index in [1.54, 1.807) is 0 Å². The number of halogens is 1. The molecule has 2 rings (SSSR count). The number of hydrogen-bond acceptors (Lipinski definition) is 1. The maximum atomic E-state index is 4.40. The van der Waals surface area contributed by atoms with Gasteiger partial charge in [0, 0.05) is 22.8 Å². The van der Waals surface area contributed by atoms with Crippen molar-refractivity contribution in [2.45, 2.75) is 26.8 Å². The predicted octanol–water partition coefficient (Wildman–Crippen LogP) is 4.36. The van der Waals surface area contributed by atoms with Gasteiger partial charge < -0.3 is 0 Å². The second kappa shape index (κ2) is 5.50. The van der Waals surface area contributed by atoms with Gasteiger partial charge in [-0.3, -0.25) is 4.68 Å². The van der Waals surface area contributed by atoms with Crippen LogP contribution in [0.3, 0.4) is 0 Å². The minimum atomic E-state index is 0.714. The van der Waals surface area contributed by atoms with Gasteiger partial charge in [-0.2, -0.15) is 5.10 Å². The Labute approximate surface area is 111 Å². The van der Waals surface area contributed by atoms with Crippen molar-refractivity contribution in [1.82, 2.24) is 9.78 Å². The standard InChI is InChI=1S/C14H17BrN2/c1-11(2)7-8-17-10-12(9-16-17)13-5-3-4-6-14(13)15/h3-6,9-11H,7-8H2,1-2H3. The second-order valence-electron chi connectivity index (χ2n) is 4.65. The van der Waals surface area contributed by atoms with Crippen molar-refractivity contribution in [1.29, 1.82) is 0 Å². The summed E-state index contributed by atoms with van der Waals surface area (Å²) < 4.78 is 3.14. The van der Waals surface area contributed by atoms with Crippen LogP contribution in [-0.2, 0) is 6.54 Å². The van der Waals surface area contributed by atoms with Crippen LogP contribution in [0, 0.1) is 5.92 Å². The molecule has 0 radical (unpaired) electrons. The van der Waals surface area contributed by atoms with Crippen LogP contribution in [-0.4, -0.2) is 9.78 Å². The van der Waals surface area contributed by atoms with Gasteiger partial charge in [0.25, 0.3) is 0 Å². The summed E-state index contributed by atoms with van der Waals surface area (Å²) in [6, 6.07) is 8.23. The van der Waals surface area contributed by atoms with Crippen LogP contribution in [0.25, 0.3) is 11.1 Å². The first-order valence-electron chi connectivity index (χ1n) is 5.94. The van der Waals surface area contributed by atoms with Crippen LogP contribution in [0.5, 0.6) is 0 Å². The number of aryl methyl sites for hydroxylation is 1. The number of rotatable bonds is 4. The fourth-order valence-electron chi connectivity index (χ4n) is 1.71. The van der Waals surface area contributed by atoms with Crippen LogP contribution in [0.15, 0.2) is 41.1 Å². The van der Waals surface area contributed by atoms with Crippen LogP contribution < -0.4 is 0 Å². The summed E-state index contributed by atoms with van der Waals surface area (Å²) in [4.78, 5) is 0. The van der Waals surface area contributed by atoms with Gasteiger partial charge in [0.2, 0.25) is 0 Å². The molecule has 0 unspecified atom stereocenters. The molecule has 0 fully saturated rings. The summed E-state index contributed by atoms with van der Waals surface area (Å²) in [5, 5.41) is 4.40. The second-order valence-corrected chi connectivity index (χ2v) is 5.51. The lowest BCUT2D eigenvalue weighted by molar-refractivity contribution is 0.487. The summed E-state index contributed by atoms with van der Waals surface area (Å²) in [6.45, 7) is 5.46. The lowest BCUT2D eigenvalue weighted by Gasteiger charge is -2.04. The average Bonchev–Trinajstić information content (AvgIpc) is 2.75. The van der Waals surface area contributed by atoms with Crippen molar-refractivity contribution in [3.63, 3.8) is 0 Å². The highest BCUT2D eigenvalue weighted by molar-refractivity contribution is 9.10. The first-order chi connectivity index (χ1) is 8.16. The van der Waals surface area contributed by atoms with E-state index in [0.29, 0.717) is 5.92 Å². The summed E-state index contributed by atoms with van der Waals surface area (Å²) in [5.74, 6) is 0.714. The molecule has 17 heavy (non-hydrogen) atoms. The molecule has 0 saturated carbocycles. The molecule has 0 bridgehead atoms. The summed E-state index contributed by atoms with van der Waals surface area (Å²) in [6.07, 6.45) is 5.21. The van der Waals surface area contributed by atoms with Gasteiger partial charge in [-0.1, -0.05) is 48.0 Å². The highest BCUT2D eigenvalue weighted by Gasteiger charge is 2.05. The fourth-order valence-corrected chi connectivity index (χ4v) is 2.22. The predicted molar refractivity (Wildman–Crippen MR) is 74.8 cm³/mol. The number of benzene rings is 1. The molecule has 0 atom stereocenters. The Morgan fingerprint density at radius 2 is 2.06 bits per heavy atom. The highest BCUT2D eigenvalue weighted by atomic mass is 79.9. The Kier molecular flexibility index (Phi) is 4.00. The quantitative estimate of drug-likeness (QED) is 0.819. The summed E-state index contributed by atoms with van der Waals surface area (Å²) in [7, 11) is 0. The minimum Gasteiger partial charge on any atom is -0.272 e. The highest BCUT2D eigenvalue weighted by Crippen LogP contribution is 2.27. The summed E-state index contributed by atoms with van der Waals surface area (Å²) in [5.41, 5.74) is 2.37. The first-order valence-corrected chi connectivity index (χ1v) is 6.73. The Balaban J connectivity index is 2.16. The van der Waals surface area contributed by atoms with Gasteiger partial charge >= 0.3 is 0 Å². The Bertz CT molecular complexity index is 488. The molecular weight excluding hydrogens is 276 g/mol. The molecule has 2 aromatic rings. The van der Waals surface area contributed by atoms with Crippen molar-refractivity contribution in [2.75, 3.05) is 0 Å². The number of aromatic nitrogens is 2. The van der Waals surface area contributed by atoms with E-state index in [-0.39, 0.29) is 0 Å². The fraction of sp³-hybridized carbons (Fsp3) is 0.357. The Morgan fingerprint density at radius 1 is 1.29 bits per heavy atom.